The Balaban J connectivity index is 2.34. The van der Waals surface area contributed by atoms with Crippen molar-refractivity contribution in [1.29, 1.82) is 0 Å². The number of rotatable bonds is 3. The van der Waals surface area contributed by atoms with Crippen molar-refractivity contribution in [3.8, 4) is 5.75 Å². The van der Waals surface area contributed by atoms with E-state index in [1.54, 1.807) is 6.07 Å². The van der Waals surface area contributed by atoms with Crippen LogP contribution < -0.4 is 10.6 Å². The van der Waals surface area contributed by atoms with Crippen LogP contribution in [0.4, 0.5) is 0 Å². The summed E-state index contributed by atoms with van der Waals surface area (Å²) in [5, 5.41) is 12.1. The lowest BCUT2D eigenvalue weighted by atomic mass is 10.2. The predicted octanol–water partition coefficient (Wildman–Crippen LogP) is 2.76. The molecule has 0 saturated carbocycles. The summed E-state index contributed by atoms with van der Waals surface area (Å²) in [4.78, 5) is 0. The molecule has 0 aliphatic carbocycles. The zero-order chi connectivity index (χ0) is 12.3. The average molecular weight is 262 g/mol. The largest absolute Gasteiger partial charge is 0.507 e. The quantitative estimate of drug-likeness (QED) is 0.644. The van der Waals surface area contributed by atoms with E-state index in [0.29, 0.717) is 14.3 Å². The maximum atomic E-state index is 9.85. The standard InChI is InChI=1S/C14H15OPS/c1-10-6-7-12(15)14(8-10)16-13-5-3-2-4-11(13)9-17/h2-8,15-17H,9H2,1H3. The van der Waals surface area contributed by atoms with Crippen LogP contribution >= 0.6 is 21.2 Å². The van der Waals surface area contributed by atoms with Crippen molar-refractivity contribution >= 4 is 31.8 Å². The SMILES string of the molecule is Cc1ccc(O)c(Pc2ccccc2CS)c1. The Morgan fingerprint density at radius 1 is 1.12 bits per heavy atom. The molecule has 0 saturated heterocycles. The lowest BCUT2D eigenvalue weighted by Crippen LogP contribution is -2.08. The fourth-order valence-electron chi connectivity index (χ4n) is 1.68. The van der Waals surface area contributed by atoms with Gasteiger partial charge in [0.15, 0.2) is 0 Å². The molecule has 0 amide bonds. The van der Waals surface area contributed by atoms with Crippen LogP contribution in [0.3, 0.4) is 0 Å². The van der Waals surface area contributed by atoms with Crippen LogP contribution in [0.15, 0.2) is 42.5 Å². The number of hydrogen-bond donors (Lipinski definition) is 2. The minimum atomic E-state index is 0.378. The van der Waals surface area contributed by atoms with Gasteiger partial charge in [-0.2, -0.15) is 12.6 Å². The van der Waals surface area contributed by atoms with Crippen LogP contribution in [0.25, 0.3) is 0 Å². The summed E-state index contributed by atoms with van der Waals surface area (Å²) in [6.45, 7) is 2.04. The monoisotopic (exact) mass is 262 g/mol. The second kappa shape index (κ2) is 5.57. The van der Waals surface area contributed by atoms with Gasteiger partial charge >= 0.3 is 0 Å². The Hall–Kier alpha value is -0.980. The van der Waals surface area contributed by atoms with E-state index in [1.165, 1.54) is 16.4 Å². The summed E-state index contributed by atoms with van der Waals surface area (Å²) >= 11 is 4.33. The number of aryl methyl sites for hydroxylation is 1. The molecule has 0 radical (unpaired) electrons. The topological polar surface area (TPSA) is 20.2 Å². The minimum Gasteiger partial charge on any atom is -0.507 e. The van der Waals surface area contributed by atoms with E-state index in [1.807, 2.05) is 31.2 Å². The fourth-order valence-corrected chi connectivity index (χ4v) is 3.41. The van der Waals surface area contributed by atoms with E-state index in [0.717, 1.165) is 11.1 Å². The highest BCUT2D eigenvalue weighted by Gasteiger charge is 2.05. The van der Waals surface area contributed by atoms with Crippen molar-refractivity contribution in [2.45, 2.75) is 12.7 Å². The molecule has 17 heavy (non-hydrogen) atoms. The molecule has 0 heterocycles. The van der Waals surface area contributed by atoms with Crippen LogP contribution in [-0.2, 0) is 5.75 Å². The molecule has 3 heteroatoms. The van der Waals surface area contributed by atoms with Crippen molar-refractivity contribution in [1.82, 2.24) is 0 Å². The molecule has 0 aliphatic rings. The Morgan fingerprint density at radius 2 is 1.88 bits per heavy atom. The molecule has 1 atom stereocenters. The summed E-state index contributed by atoms with van der Waals surface area (Å²) in [7, 11) is 0.479. The van der Waals surface area contributed by atoms with Crippen molar-refractivity contribution in [2.24, 2.45) is 0 Å². The van der Waals surface area contributed by atoms with E-state index in [2.05, 4.69) is 24.8 Å². The lowest BCUT2D eigenvalue weighted by molar-refractivity contribution is 0.479. The number of phenolic OH excluding ortho intramolecular Hbond substituents is 1. The van der Waals surface area contributed by atoms with E-state index < -0.39 is 0 Å². The predicted molar refractivity (Wildman–Crippen MR) is 79.6 cm³/mol. The summed E-state index contributed by atoms with van der Waals surface area (Å²) in [5.74, 6) is 1.11. The molecule has 1 unspecified atom stereocenters. The van der Waals surface area contributed by atoms with Crippen LogP contribution in [0.2, 0.25) is 0 Å². The second-order valence-corrected chi connectivity index (χ2v) is 5.60. The maximum absolute atomic E-state index is 9.85. The first-order chi connectivity index (χ1) is 8.20. The van der Waals surface area contributed by atoms with Crippen molar-refractivity contribution in [3.05, 3.63) is 53.6 Å². The summed E-state index contributed by atoms with van der Waals surface area (Å²) in [6.07, 6.45) is 0. The third-order valence-electron chi connectivity index (χ3n) is 2.61. The van der Waals surface area contributed by atoms with Gasteiger partial charge in [-0.15, -0.1) is 0 Å². The van der Waals surface area contributed by atoms with Gasteiger partial charge < -0.3 is 5.11 Å². The molecule has 0 spiro atoms. The van der Waals surface area contributed by atoms with Gasteiger partial charge in [-0.1, -0.05) is 44.5 Å². The zero-order valence-corrected chi connectivity index (χ0v) is 11.5. The molecule has 0 bridgehead atoms. The number of thiol groups is 1. The Morgan fingerprint density at radius 3 is 2.65 bits per heavy atom. The Bertz CT molecular complexity index is 525. The normalized spacial score (nSPS) is 11.2. The third kappa shape index (κ3) is 3.02. The Kier molecular flexibility index (Phi) is 4.09. The van der Waals surface area contributed by atoms with Crippen molar-refractivity contribution in [2.75, 3.05) is 0 Å². The number of aromatic hydroxyl groups is 1. The molecule has 0 fully saturated rings. The number of benzene rings is 2. The summed E-state index contributed by atoms with van der Waals surface area (Å²) < 4.78 is 0. The van der Waals surface area contributed by atoms with E-state index in [9.17, 15) is 5.11 Å². The first-order valence-electron chi connectivity index (χ1n) is 5.46. The maximum Gasteiger partial charge on any atom is 0.123 e. The highest BCUT2D eigenvalue weighted by Crippen LogP contribution is 2.21. The molecule has 2 rings (SSSR count). The van der Waals surface area contributed by atoms with Crippen LogP contribution in [0.1, 0.15) is 11.1 Å². The number of hydrogen-bond acceptors (Lipinski definition) is 2. The van der Waals surface area contributed by atoms with Gasteiger partial charge in [-0.05, 0) is 29.9 Å². The fraction of sp³-hybridized carbons (Fsp3) is 0.143. The smallest absolute Gasteiger partial charge is 0.123 e. The minimum absolute atomic E-state index is 0.378. The molecular weight excluding hydrogens is 247 g/mol. The Labute approximate surface area is 109 Å². The van der Waals surface area contributed by atoms with Crippen LogP contribution in [-0.4, -0.2) is 5.11 Å². The molecule has 1 N–H and O–H groups in total. The van der Waals surface area contributed by atoms with Gasteiger partial charge in [0.05, 0.1) is 0 Å². The summed E-state index contributed by atoms with van der Waals surface area (Å²) in [6, 6.07) is 14.0. The number of phenols is 1. The zero-order valence-electron chi connectivity index (χ0n) is 9.64. The molecule has 0 aliphatic heterocycles. The molecular formula is C14H15OPS. The molecule has 0 aromatic heterocycles. The van der Waals surface area contributed by atoms with Gasteiger partial charge in [-0.25, -0.2) is 0 Å². The van der Waals surface area contributed by atoms with Gasteiger partial charge in [0.2, 0.25) is 0 Å². The highest BCUT2D eigenvalue weighted by atomic mass is 32.1. The van der Waals surface area contributed by atoms with E-state index in [-0.39, 0.29) is 0 Å². The second-order valence-electron chi connectivity index (χ2n) is 3.96. The lowest BCUT2D eigenvalue weighted by Gasteiger charge is -2.09. The van der Waals surface area contributed by atoms with E-state index in [4.69, 9.17) is 0 Å². The highest BCUT2D eigenvalue weighted by molar-refractivity contribution is 7.79. The summed E-state index contributed by atoms with van der Waals surface area (Å²) in [5.41, 5.74) is 2.41. The molecule has 2 aromatic rings. The molecule has 1 nitrogen and oxygen atoms in total. The van der Waals surface area contributed by atoms with Gasteiger partial charge in [0, 0.05) is 11.1 Å². The van der Waals surface area contributed by atoms with Gasteiger partial charge in [-0.3, -0.25) is 0 Å². The van der Waals surface area contributed by atoms with Crippen LogP contribution in [0.5, 0.6) is 5.75 Å². The first kappa shape index (κ1) is 12.5. The first-order valence-corrected chi connectivity index (χ1v) is 7.09. The van der Waals surface area contributed by atoms with Gasteiger partial charge in [0.1, 0.15) is 5.75 Å². The average Bonchev–Trinajstić information content (AvgIpc) is 2.34. The van der Waals surface area contributed by atoms with E-state index >= 15 is 0 Å². The molecule has 88 valence electrons. The van der Waals surface area contributed by atoms with Crippen LogP contribution in [0, 0.1) is 6.92 Å². The third-order valence-corrected chi connectivity index (χ3v) is 4.38. The van der Waals surface area contributed by atoms with Gasteiger partial charge in [0.25, 0.3) is 0 Å². The van der Waals surface area contributed by atoms with Crippen molar-refractivity contribution < 1.29 is 5.11 Å². The van der Waals surface area contributed by atoms with Crippen molar-refractivity contribution in [3.63, 3.8) is 0 Å². The molecule has 2 aromatic carbocycles.